The van der Waals surface area contributed by atoms with Gasteiger partial charge in [-0.15, -0.1) is 5.11 Å². The first kappa shape index (κ1) is 16.4. The zero-order valence-electron chi connectivity index (χ0n) is 13.3. The van der Waals surface area contributed by atoms with Crippen LogP contribution in [0.15, 0.2) is 52.7 Å². The SMILES string of the molecule is CCN(C)c1ccc(/N=N/c2ccc([N+](=O)[O-])cc2)c(OC)c1. The Hall–Kier alpha value is -2.96. The second kappa shape index (κ2) is 7.35. The van der Waals surface area contributed by atoms with Crippen LogP contribution >= 0.6 is 0 Å². The van der Waals surface area contributed by atoms with E-state index in [4.69, 9.17) is 4.74 Å². The van der Waals surface area contributed by atoms with Gasteiger partial charge in [0.2, 0.25) is 0 Å². The van der Waals surface area contributed by atoms with Gasteiger partial charge in [0.1, 0.15) is 11.4 Å². The van der Waals surface area contributed by atoms with Gasteiger partial charge in [-0.05, 0) is 31.2 Å². The summed E-state index contributed by atoms with van der Waals surface area (Å²) in [6.07, 6.45) is 0. The van der Waals surface area contributed by atoms with E-state index in [1.54, 1.807) is 19.2 Å². The molecule has 0 heterocycles. The van der Waals surface area contributed by atoms with E-state index in [2.05, 4.69) is 22.1 Å². The molecule has 120 valence electrons. The van der Waals surface area contributed by atoms with Gasteiger partial charge in [-0.3, -0.25) is 10.1 Å². The largest absolute Gasteiger partial charge is 0.494 e. The van der Waals surface area contributed by atoms with Crippen LogP contribution in [0.25, 0.3) is 0 Å². The normalized spacial score (nSPS) is 10.7. The zero-order valence-corrected chi connectivity index (χ0v) is 13.3. The number of benzene rings is 2. The van der Waals surface area contributed by atoms with E-state index < -0.39 is 4.92 Å². The maximum Gasteiger partial charge on any atom is 0.269 e. The van der Waals surface area contributed by atoms with Gasteiger partial charge in [-0.1, -0.05) is 0 Å². The van der Waals surface area contributed by atoms with E-state index in [1.165, 1.54) is 12.1 Å². The van der Waals surface area contributed by atoms with E-state index in [0.29, 0.717) is 17.1 Å². The molecule has 0 saturated carbocycles. The van der Waals surface area contributed by atoms with Crippen molar-refractivity contribution in [2.75, 3.05) is 25.6 Å². The third-order valence-electron chi connectivity index (χ3n) is 3.41. The highest BCUT2D eigenvalue weighted by atomic mass is 16.6. The number of azo groups is 1. The molecule has 0 bridgehead atoms. The van der Waals surface area contributed by atoms with Crippen LogP contribution in [-0.4, -0.2) is 25.6 Å². The topological polar surface area (TPSA) is 80.3 Å². The maximum absolute atomic E-state index is 10.6. The molecule has 0 N–H and O–H groups in total. The molecule has 0 amide bonds. The lowest BCUT2D eigenvalue weighted by Crippen LogP contribution is -2.15. The van der Waals surface area contributed by atoms with Crippen molar-refractivity contribution >= 4 is 22.7 Å². The van der Waals surface area contributed by atoms with Crippen LogP contribution in [-0.2, 0) is 0 Å². The first-order chi connectivity index (χ1) is 11.0. The van der Waals surface area contributed by atoms with E-state index in [0.717, 1.165) is 12.2 Å². The Labute approximate surface area is 134 Å². The number of ether oxygens (including phenoxy) is 1. The fourth-order valence-electron chi connectivity index (χ4n) is 1.92. The van der Waals surface area contributed by atoms with E-state index in [1.807, 2.05) is 25.2 Å². The molecule has 0 aliphatic carbocycles. The smallest absolute Gasteiger partial charge is 0.269 e. The molecule has 0 saturated heterocycles. The van der Waals surface area contributed by atoms with Crippen molar-refractivity contribution in [1.82, 2.24) is 0 Å². The number of nitro groups is 1. The van der Waals surface area contributed by atoms with Gasteiger partial charge in [0, 0.05) is 37.5 Å². The third-order valence-corrected chi connectivity index (χ3v) is 3.41. The van der Waals surface area contributed by atoms with Crippen molar-refractivity contribution in [2.45, 2.75) is 6.92 Å². The van der Waals surface area contributed by atoms with E-state index in [9.17, 15) is 10.1 Å². The summed E-state index contributed by atoms with van der Waals surface area (Å²) in [5.41, 5.74) is 2.18. The van der Waals surface area contributed by atoms with Gasteiger partial charge in [-0.2, -0.15) is 5.11 Å². The molecular weight excluding hydrogens is 296 g/mol. The Balaban J connectivity index is 2.23. The van der Waals surface area contributed by atoms with Crippen LogP contribution in [0.2, 0.25) is 0 Å². The number of nitrogens with zero attached hydrogens (tertiary/aromatic N) is 4. The minimum atomic E-state index is -0.451. The summed E-state index contributed by atoms with van der Waals surface area (Å²) in [6.45, 7) is 2.95. The monoisotopic (exact) mass is 314 g/mol. The summed E-state index contributed by atoms with van der Waals surface area (Å²) in [6, 6.07) is 11.6. The maximum atomic E-state index is 10.6. The Morgan fingerprint density at radius 3 is 2.43 bits per heavy atom. The van der Waals surface area contributed by atoms with Crippen molar-refractivity contribution in [3.05, 3.63) is 52.6 Å². The molecule has 0 aliphatic rings. The van der Waals surface area contributed by atoms with Crippen LogP contribution in [0.1, 0.15) is 6.92 Å². The molecule has 0 atom stereocenters. The molecular formula is C16H18N4O3. The molecule has 7 heteroatoms. The highest BCUT2D eigenvalue weighted by Gasteiger charge is 2.07. The van der Waals surface area contributed by atoms with Gasteiger partial charge < -0.3 is 9.64 Å². The van der Waals surface area contributed by atoms with Crippen LogP contribution in [0.3, 0.4) is 0 Å². The Bertz CT molecular complexity index is 714. The van der Waals surface area contributed by atoms with Crippen molar-refractivity contribution < 1.29 is 9.66 Å². The number of hydrogen-bond acceptors (Lipinski definition) is 6. The standard InChI is InChI=1S/C16H18N4O3/c1-4-19(2)14-9-10-15(16(11-14)23-3)18-17-12-5-7-13(8-6-12)20(21)22/h5-11H,4H2,1-3H3/b18-17+. The Morgan fingerprint density at radius 2 is 1.87 bits per heavy atom. The van der Waals surface area contributed by atoms with Crippen molar-refractivity contribution in [3.63, 3.8) is 0 Å². The third kappa shape index (κ3) is 4.03. The summed E-state index contributed by atoms with van der Waals surface area (Å²) in [7, 11) is 3.57. The Kier molecular flexibility index (Phi) is 5.24. The highest BCUT2D eigenvalue weighted by molar-refractivity contribution is 5.61. The lowest BCUT2D eigenvalue weighted by atomic mass is 10.2. The van der Waals surface area contributed by atoms with Gasteiger partial charge in [0.05, 0.1) is 17.7 Å². The number of rotatable bonds is 6. The Morgan fingerprint density at radius 1 is 1.17 bits per heavy atom. The van der Waals surface area contributed by atoms with Crippen LogP contribution in [0.4, 0.5) is 22.7 Å². The van der Waals surface area contributed by atoms with Crippen LogP contribution in [0, 0.1) is 10.1 Å². The molecule has 0 radical (unpaired) electrons. The van der Waals surface area contributed by atoms with Crippen LogP contribution in [0.5, 0.6) is 5.75 Å². The second-order valence-electron chi connectivity index (χ2n) is 4.84. The molecule has 0 aromatic heterocycles. The first-order valence-corrected chi connectivity index (χ1v) is 7.10. The van der Waals surface area contributed by atoms with Crippen molar-refractivity contribution in [1.29, 1.82) is 0 Å². The molecule has 23 heavy (non-hydrogen) atoms. The average molecular weight is 314 g/mol. The molecule has 0 aliphatic heterocycles. The summed E-state index contributed by atoms with van der Waals surface area (Å²) >= 11 is 0. The average Bonchev–Trinajstić information content (AvgIpc) is 2.59. The van der Waals surface area contributed by atoms with E-state index >= 15 is 0 Å². The summed E-state index contributed by atoms with van der Waals surface area (Å²) < 4.78 is 5.35. The zero-order chi connectivity index (χ0) is 16.8. The molecule has 2 aromatic carbocycles. The highest BCUT2D eigenvalue weighted by Crippen LogP contribution is 2.33. The van der Waals surface area contributed by atoms with Gasteiger partial charge in [0.15, 0.2) is 0 Å². The second-order valence-corrected chi connectivity index (χ2v) is 4.84. The minimum absolute atomic E-state index is 0.0217. The lowest BCUT2D eigenvalue weighted by molar-refractivity contribution is -0.384. The lowest BCUT2D eigenvalue weighted by Gasteiger charge is -2.17. The van der Waals surface area contributed by atoms with Crippen molar-refractivity contribution in [3.8, 4) is 5.75 Å². The number of hydrogen-bond donors (Lipinski definition) is 0. The minimum Gasteiger partial charge on any atom is -0.494 e. The van der Waals surface area contributed by atoms with Crippen molar-refractivity contribution in [2.24, 2.45) is 10.2 Å². The quantitative estimate of drug-likeness (QED) is 0.447. The summed E-state index contributed by atoms with van der Waals surface area (Å²) in [5.74, 6) is 0.619. The summed E-state index contributed by atoms with van der Waals surface area (Å²) in [5, 5.41) is 18.9. The number of non-ortho nitro benzene ring substituents is 1. The molecule has 0 unspecified atom stereocenters. The molecule has 2 aromatic rings. The first-order valence-electron chi connectivity index (χ1n) is 7.10. The number of methoxy groups -OCH3 is 1. The van der Waals surface area contributed by atoms with Gasteiger partial charge >= 0.3 is 0 Å². The predicted octanol–water partition coefficient (Wildman–Crippen LogP) is 4.47. The van der Waals surface area contributed by atoms with Crippen LogP contribution < -0.4 is 9.64 Å². The summed E-state index contributed by atoms with van der Waals surface area (Å²) in [4.78, 5) is 12.2. The predicted molar refractivity (Wildman–Crippen MR) is 89.2 cm³/mol. The fourth-order valence-corrected chi connectivity index (χ4v) is 1.92. The molecule has 0 spiro atoms. The molecule has 7 nitrogen and oxygen atoms in total. The fraction of sp³-hybridized carbons (Fsp3) is 0.250. The number of anilines is 1. The van der Waals surface area contributed by atoms with Gasteiger partial charge in [0.25, 0.3) is 5.69 Å². The van der Waals surface area contributed by atoms with Gasteiger partial charge in [-0.25, -0.2) is 0 Å². The van der Waals surface area contributed by atoms with E-state index in [-0.39, 0.29) is 5.69 Å². The molecule has 0 fully saturated rings. The number of nitro benzene ring substituents is 1. The molecule has 2 rings (SSSR count).